The van der Waals surface area contributed by atoms with Gasteiger partial charge in [0.2, 0.25) is 0 Å². The molecule has 0 amide bonds. The molecular formula is C13H19NO3. The summed E-state index contributed by atoms with van der Waals surface area (Å²) in [6, 6.07) is 1.84. The largest absolute Gasteiger partial charge is 0.456 e. The Kier molecular flexibility index (Phi) is 4.23. The van der Waals surface area contributed by atoms with Crippen LogP contribution in [0.15, 0.2) is 12.3 Å². The molecule has 0 atom stereocenters. The topological polar surface area (TPSA) is 48.4 Å². The van der Waals surface area contributed by atoms with Crippen molar-refractivity contribution in [3.63, 3.8) is 0 Å². The van der Waals surface area contributed by atoms with Crippen LogP contribution in [-0.4, -0.2) is 23.7 Å². The summed E-state index contributed by atoms with van der Waals surface area (Å²) < 4.78 is 10.3. The van der Waals surface area contributed by atoms with Crippen molar-refractivity contribution in [1.82, 2.24) is 4.98 Å². The van der Waals surface area contributed by atoms with Gasteiger partial charge in [0.15, 0.2) is 0 Å². The number of rotatable bonds is 3. The van der Waals surface area contributed by atoms with Crippen LogP contribution in [0.2, 0.25) is 0 Å². The SMILES string of the molecule is COCc1cc(C)c(C(=O)OC(C)(C)C)cn1. The first-order chi connectivity index (χ1) is 7.83. The molecule has 0 aliphatic rings. The molecule has 0 saturated heterocycles. The van der Waals surface area contributed by atoms with Crippen molar-refractivity contribution in [1.29, 1.82) is 0 Å². The fraction of sp³-hybridized carbons (Fsp3) is 0.538. The molecule has 0 aromatic carbocycles. The van der Waals surface area contributed by atoms with Crippen LogP contribution in [-0.2, 0) is 16.1 Å². The number of carbonyl (C=O) groups is 1. The number of hydrogen-bond donors (Lipinski definition) is 0. The lowest BCUT2D eigenvalue weighted by molar-refractivity contribution is 0.00682. The molecule has 0 saturated carbocycles. The van der Waals surface area contributed by atoms with Gasteiger partial charge in [-0.15, -0.1) is 0 Å². The van der Waals surface area contributed by atoms with E-state index in [4.69, 9.17) is 9.47 Å². The van der Waals surface area contributed by atoms with Crippen molar-refractivity contribution >= 4 is 5.97 Å². The second kappa shape index (κ2) is 5.27. The number of methoxy groups -OCH3 is 1. The molecule has 1 heterocycles. The zero-order chi connectivity index (χ0) is 13.1. The van der Waals surface area contributed by atoms with Gasteiger partial charge in [-0.1, -0.05) is 0 Å². The molecule has 1 aromatic heterocycles. The van der Waals surface area contributed by atoms with Gasteiger partial charge >= 0.3 is 5.97 Å². The number of nitrogens with zero attached hydrogens (tertiary/aromatic N) is 1. The molecule has 0 unspecified atom stereocenters. The van der Waals surface area contributed by atoms with Crippen LogP contribution in [0, 0.1) is 6.92 Å². The number of aryl methyl sites for hydroxylation is 1. The standard InChI is InChI=1S/C13H19NO3/c1-9-6-10(8-16-5)14-7-11(9)12(15)17-13(2,3)4/h6-7H,8H2,1-5H3. The molecular weight excluding hydrogens is 218 g/mol. The summed E-state index contributed by atoms with van der Waals surface area (Å²) in [5, 5.41) is 0. The molecule has 0 bridgehead atoms. The van der Waals surface area contributed by atoms with E-state index < -0.39 is 5.60 Å². The van der Waals surface area contributed by atoms with Crippen molar-refractivity contribution in [2.75, 3.05) is 7.11 Å². The van der Waals surface area contributed by atoms with E-state index in [1.165, 1.54) is 6.20 Å². The molecule has 0 N–H and O–H groups in total. The Labute approximate surface area is 102 Å². The van der Waals surface area contributed by atoms with Crippen LogP contribution in [0.4, 0.5) is 0 Å². The van der Waals surface area contributed by atoms with Gasteiger partial charge in [-0.05, 0) is 39.3 Å². The lowest BCUT2D eigenvalue weighted by Crippen LogP contribution is -2.24. The Morgan fingerprint density at radius 3 is 2.53 bits per heavy atom. The molecule has 0 spiro atoms. The number of pyridine rings is 1. The Bertz CT molecular complexity index is 408. The van der Waals surface area contributed by atoms with Crippen molar-refractivity contribution in [2.24, 2.45) is 0 Å². The summed E-state index contributed by atoms with van der Waals surface area (Å²) in [5.74, 6) is -0.341. The predicted molar refractivity (Wildman–Crippen MR) is 64.9 cm³/mol. The Morgan fingerprint density at radius 1 is 1.41 bits per heavy atom. The smallest absolute Gasteiger partial charge is 0.340 e. The minimum atomic E-state index is -0.491. The van der Waals surface area contributed by atoms with Gasteiger partial charge in [-0.2, -0.15) is 0 Å². The van der Waals surface area contributed by atoms with Gasteiger partial charge in [-0.3, -0.25) is 4.98 Å². The number of esters is 1. The normalized spacial score (nSPS) is 11.4. The summed E-state index contributed by atoms with van der Waals surface area (Å²) in [5.41, 5.74) is 1.66. The highest BCUT2D eigenvalue weighted by Gasteiger charge is 2.19. The summed E-state index contributed by atoms with van der Waals surface area (Å²) in [4.78, 5) is 16.0. The number of ether oxygens (including phenoxy) is 2. The molecule has 0 radical (unpaired) electrons. The fourth-order valence-electron chi connectivity index (χ4n) is 1.39. The first kappa shape index (κ1) is 13.6. The summed E-state index contributed by atoms with van der Waals surface area (Å²) in [6.45, 7) is 7.82. The van der Waals surface area contributed by atoms with Gasteiger partial charge in [0.1, 0.15) is 5.60 Å². The molecule has 4 nitrogen and oxygen atoms in total. The molecule has 0 fully saturated rings. The highest BCUT2D eigenvalue weighted by molar-refractivity contribution is 5.90. The van der Waals surface area contributed by atoms with E-state index in [2.05, 4.69) is 4.98 Å². The predicted octanol–water partition coefficient (Wildman–Crippen LogP) is 2.49. The number of aromatic nitrogens is 1. The van der Waals surface area contributed by atoms with Crippen molar-refractivity contribution in [3.05, 3.63) is 29.1 Å². The molecule has 1 aromatic rings. The Balaban J connectivity index is 2.88. The third kappa shape index (κ3) is 4.15. The maximum absolute atomic E-state index is 11.9. The molecule has 94 valence electrons. The van der Waals surface area contributed by atoms with Crippen molar-refractivity contribution < 1.29 is 14.3 Å². The summed E-state index contributed by atoms with van der Waals surface area (Å²) in [7, 11) is 1.61. The highest BCUT2D eigenvalue weighted by atomic mass is 16.6. The lowest BCUT2D eigenvalue weighted by Gasteiger charge is -2.20. The molecule has 0 aliphatic carbocycles. The maximum atomic E-state index is 11.9. The van der Waals surface area contributed by atoms with Gasteiger partial charge in [0, 0.05) is 13.3 Å². The van der Waals surface area contributed by atoms with Gasteiger partial charge < -0.3 is 9.47 Å². The van der Waals surface area contributed by atoms with Crippen LogP contribution >= 0.6 is 0 Å². The highest BCUT2D eigenvalue weighted by Crippen LogP contribution is 2.15. The fourth-order valence-corrected chi connectivity index (χ4v) is 1.39. The molecule has 17 heavy (non-hydrogen) atoms. The van der Waals surface area contributed by atoms with Gasteiger partial charge in [-0.25, -0.2) is 4.79 Å². The number of carbonyl (C=O) groups excluding carboxylic acids is 1. The number of hydrogen-bond acceptors (Lipinski definition) is 4. The van der Waals surface area contributed by atoms with Crippen LogP contribution in [0.3, 0.4) is 0 Å². The third-order valence-corrected chi connectivity index (χ3v) is 2.08. The van der Waals surface area contributed by atoms with E-state index in [0.29, 0.717) is 12.2 Å². The first-order valence-corrected chi connectivity index (χ1v) is 5.51. The van der Waals surface area contributed by atoms with Crippen LogP contribution < -0.4 is 0 Å². The van der Waals surface area contributed by atoms with Crippen molar-refractivity contribution in [3.8, 4) is 0 Å². The monoisotopic (exact) mass is 237 g/mol. The van der Waals surface area contributed by atoms with E-state index in [-0.39, 0.29) is 5.97 Å². The van der Waals surface area contributed by atoms with E-state index in [1.807, 2.05) is 33.8 Å². The van der Waals surface area contributed by atoms with Crippen LogP contribution in [0.25, 0.3) is 0 Å². The Morgan fingerprint density at radius 2 is 2.06 bits per heavy atom. The first-order valence-electron chi connectivity index (χ1n) is 5.51. The van der Waals surface area contributed by atoms with Crippen LogP contribution in [0.5, 0.6) is 0 Å². The third-order valence-electron chi connectivity index (χ3n) is 2.08. The van der Waals surface area contributed by atoms with E-state index in [1.54, 1.807) is 7.11 Å². The zero-order valence-electron chi connectivity index (χ0n) is 11.0. The van der Waals surface area contributed by atoms with E-state index in [9.17, 15) is 4.79 Å². The van der Waals surface area contributed by atoms with Gasteiger partial charge in [0.05, 0.1) is 17.9 Å². The van der Waals surface area contributed by atoms with Gasteiger partial charge in [0.25, 0.3) is 0 Å². The maximum Gasteiger partial charge on any atom is 0.340 e. The minimum Gasteiger partial charge on any atom is -0.456 e. The van der Waals surface area contributed by atoms with E-state index in [0.717, 1.165) is 11.3 Å². The lowest BCUT2D eigenvalue weighted by atomic mass is 10.1. The second-order valence-corrected chi connectivity index (χ2v) is 4.93. The zero-order valence-corrected chi connectivity index (χ0v) is 11.0. The van der Waals surface area contributed by atoms with Crippen molar-refractivity contribution in [2.45, 2.75) is 39.9 Å². The second-order valence-electron chi connectivity index (χ2n) is 4.93. The molecule has 1 rings (SSSR count). The average Bonchev–Trinajstić information content (AvgIpc) is 2.15. The Hall–Kier alpha value is -1.42. The van der Waals surface area contributed by atoms with E-state index >= 15 is 0 Å². The summed E-state index contributed by atoms with van der Waals surface area (Å²) in [6.07, 6.45) is 1.54. The minimum absolute atomic E-state index is 0.341. The quantitative estimate of drug-likeness (QED) is 0.758. The summed E-state index contributed by atoms with van der Waals surface area (Å²) >= 11 is 0. The van der Waals surface area contributed by atoms with Crippen LogP contribution in [0.1, 0.15) is 42.4 Å². The average molecular weight is 237 g/mol. The molecule has 4 heteroatoms. The molecule has 0 aliphatic heterocycles.